The third-order valence-electron chi connectivity index (χ3n) is 4.59. The summed E-state index contributed by atoms with van der Waals surface area (Å²) in [7, 11) is 2.08. The van der Waals surface area contributed by atoms with E-state index in [1.807, 2.05) is 18.7 Å². The molecule has 3 atom stereocenters. The van der Waals surface area contributed by atoms with Gasteiger partial charge in [-0.2, -0.15) is 0 Å². The summed E-state index contributed by atoms with van der Waals surface area (Å²) in [5, 5.41) is 0. The summed E-state index contributed by atoms with van der Waals surface area (Å²) < 4.78 is 0. The highest BCUT2D eigenvalue weighted by Gasteiger charge is 2.31. The molecule has 1 fully saturated rings. The number of amides is 1. The van der Waals surface area contributed by atoms with Gasteiger partial charge in [0.05, 0.1) is 6.54 Å². The van der Waals surface area contributed by atoms with Crippen LogP contribution >= 0.6 is 0 Å². The number of carbonyl (C=O) groups excluding carboxylic acids is 1. The third kappa shape index (κ3) is 4.46. The first kappa shape index (κ1) is 16.4. The normalized spacial score (nSPS) is 27.6. The predicted molar refractivity (Wildman–Crippen MR) is 79.9 cm³/mol. The van der Waals surface area contributed by atoms with Gasteiger partial charge in [0.15, 0.2) is 0 Å². The Morgan fingerprint density at radius 3 is 2.42 bits per heavy atom. The lowest BCUT2D eigenvalue weighted by Crippen LogP contribution is -2.49. The van der Waals surface area contributed by atoms with E-state index < -0.39 is 0 Å². The average Bonchev–Trinajstić information content (AvgIpc) is 2.40. The molecule has 0 bridgehead atoms. The molecule has 1 rings (SSSR count). The van der Waals surface area contributed by atoms with E-state index in [0.29, 0.717) is 18.5 Å². The van der Waals surface area contributed by atoms with E-state index in [0.717, 1.165) is 25.6 Å². The summed E-state index contributed by atoms with van der Waals surface area (Å²) >= 11 is 0. The van der Waals surface area contributed by atoms with Crippen LogP contribution in [0.25, 0.3) is 0 Å². The van der Waals surface area contributed by atoms with Gasteiger partial charge >= 0.3 is 0 Å². The number of carbonyl (C=O) groups is 1. The van der Waals surface area contributed by atoms with E-state index in [-0.39, 0.29) is 5.91 Å². The number of hydrogen-bond acceptors (Lipinski definition) is 3. The fourth-order valence-corrected chi connectivity index (χ4v) is 3.24. The van der Waals surface area contributed by atoms with Crippen LogP contribution in [0.2, 0.25) is 0 Å². The van der Waals surface area contributed by atoms with Crippen LogP contribution < -0.4 is 5.73 Å². The van der Waals surface area contributed by atoms with Crippen molar-refractivity contribution >= 4 is 5.91 Å². The number of nitrogens with two attached hydrogens (primary N) is 1. The minimum Gasteiger partial charge on any atom is -0.342 e. The molecule has 0 saturated heterocycles. The fourth-order valence-electron chi connectivity index (χ4n) is 3.24. The molecule has 0 heterocycles. The Morgan fingerprint density at radius 2 is 1.89 bits per heavy atom. The van der Waals surface area contributed by atoms with Gasteiger partial charge in [0.25, 0.3) is 0 Å². The lowest BCUT2D eigenvalue weighted by Gasteiger charge is -2.40. The monoisotopic (exact) mass is 269 g/mol. The lowest BCUT2D eigenvalue weighted by molar-refractivity contribution is -0.132. The molecule has 0 aromatic carbocycles. The number of nitrogens with zero attached hydrogens (tertiary/aromatic N) is 2. The smallest absolute Gasteiger partial charge is 0.236 e. The van der Waals surface area contributed by atoms with E-state index in [2.05, 4.69) is 18.9 Å². The molecule has 1 aliphatic rings. The Balaban J connectivity index is 2.59. The first-order valence-electron chi connectivity index (χ1n) is 7.71. The molecule has 3 unspecified atom stereocenters. The van der Waals surface area contributed by atoms with Crippen LogP contribution in [-0.4, -0.2) is 55.0 Å². The SMILES string of the molecule is CCN(CC)C(=O)CN(C)C1CC(C)CCC1CN. The van der Waals surface area contributed by atoms with Crippen molar-refractivity contribution < 1.29 is 4.79 Å². The molecule has 19 heavy (non-hydrogen) atoms. The Morgan fingerprint density at radius 1 is 1.26 bits per heavy atom. The highest BCUT2D eigenvalue weighted by molar-refractivity contribution is 5.78. The van der Waals surface area contributed by atoms with Crippen LogP contribution in [0, 0.1) is 11.8 Å². The second kappa shape index (κ2) is 7.85. The van der Waals surface area contributed by atoms with E-state index in [4.69, 9.17) is 5.73 Å². The maximum Gasteiger partial charge on any atom is 0.236 e. The molecule has 0 aromatic rings. The molecule has 1 amide bonds. The Hall–Kier alpha value is -0.610. The van der Waals surface area contributed by atoms with Gasteiger partial charge in [-0.05, 0) is 52.1 Å². The van der Waals surface area contributed by atoms with Gasteiger partial charge in [-0.25, -0.2) is 0 Å². The van der Waals surface area contributed by atoms with Crippen LogP contribution in [-0.2, 0) is 4.79 Å². The first-order valence-corrected chi connectivity index (χ1v) is 7.71. The molecule has 1 aliphatic carbocycles. The van der Waals surface area contributed by atoms with Crippen molar-refractivity contribution in [3.8, 4) is 0 Å². The van der Waals surface area contributed by atoms with Crippen molar-refractivity contribution in [3.05, 3.63) is 0 Å². The van der Waals surface area contributed by atoms with Crippen molar-refractivity contribution in [1.29, 1.82) is 0 Å². The first-order chi connectivity index (χ1) is 9.03. The van der Waals surface area contributed by atoms with Crippen molar-refractivity contribution in [2.45, 2.75) is 46.1 Å². The molecule has 1 saturated carbocycles. The summed E-state index contributed by atoms with van der Waals surface area (Å²) in [6, 6.07) is 0.466. The maximum absolute atomic E-state index is 12.2. The quantitative estimate of drug-likeness (QED) is 0.796. The van der Waals surface area contributed by atoms with Crippen molar-refractivity contribution in [3.63, 3.8) is 0 Å². The molecular weight excluding hydrogens is 238 g/mol. The molecule has 4 heteroatoms. The van der Waals surface area contributed by atoms with Crippen LogP contribution in [0.1, 0.15) is 40.0 Å². The third-order valence-corrected chi connectivity index (χ3v) is 4.59. The summed E-state index contributed by atoms with van der Waals surface area (Å²) in [5.41, 5.74) is 5.90. The summed E-state index contributed by atoms with van der Waals surface area (Å²) in [6.07, 6.45) is 3.65. The predicted octanol–water partition coefficient (Wildman–Crippen LogP) is 1.55. The number of hydrogen-bond donors (Lipinski definition) is 1. The van der Waals surface area contributed by atoms with Gasteiger partial charge in [-0.15, -0.1) is 0 Å². The zero-order valence-electron chi connectivity index (χ0n) is 13.1. The van der Waals surface area contributed by atoms with Gasteiger partial charge in [0.2, 0.25) is 5.91 Å². The van der Waals surface area contributed by atoms with Crippen LogP contribution in [0.15, 0.2) is 0 Å². The van der Waals surface area contributed by atoms with Gasteiger partial charge in [0.1, 0.15) is 0 Å². The van der Waals surface area contributed by atoms with E-state index in [1.165, 1.54) is 19.3 Å². The van der Waals surface area contributed by atoms with Gasteiger partial charge < -0.3 is 10.6 Å². The number of rotatable bonds is 6. The maximum atomic E-state index is 12.2. The van der Waals surface area contributed by atoms with Crippen molar-refractivity contribution in [1.82, 2.24) is 9.80 Å². The minimum atomic E-state index is 0.237. The van der Waals surface area contributed by atoms with E-state index in [9.17, 15) is 4.79 Å². The molecule has 0 spiro atoms. The second-order valence-electron chi connectivity index (χ2n) is 5.96. The zero-order valence-corrected chi connectivity index (χ0v) is 13.1. The Bertz CT molecular complexity index is 279. The Labute approximate surface area is 118 Å². The van der Waals surface area contributed by atoms with Gasteiger partial charge in [-0.1, -0.05) is 13.3 Å². The zero-order chi connectivity index (χ0) is 14.4. The average molecular weight is 269 g/mol. The molecular formula is C15H31N3O. The van der Waals surface area contributed by atoms with Crippen LogP contribution in [0.5, 0.6) is 0 Å². The number of likely N-dealkylation sites (N-methyl/N-ethyl adjacent to an activating group) is 2. The minimum absolute atomic E-state index is 0.237. The fraction of sp³-hybridized carbons (Fsp3) is 0.933. The van der Waals surface area contributed by atoms with Crippen LogP contribution in [0.4, 0.5) is 0 Å². The van der Waals surface area contributed by atoms with E-state index >= 15 is 0 Å². The topological polar surface area (TPSA) is 49.6 Å². The second-order valence-corrected chi connectivity index (χ2v) is 5.96. The molecule has 0 radical (unpaired) electrons. The molecule has 4 nitrogen and oxygen atoms in total. The largest absolute Gasteiger partial charge is 0.342 e. The molecule has 112 valence electrons. The summed E-state index contributed by atoms with van der Waals surface area (Å²) in [5.74, 6) is 1.53. The highest BCUT2D eigenvalue weighted by atomic mass is 16.2. The standard InChI is InChI=1S/C15H31N3O/c1-5-18(6-2)15(19)11-17(4)14-9-12(3)7-8-13(14)10-16/h12-14H,5-11,16H2,1-4H3. The van der Waals surface area contributed by atoms with Gasteiger partial charge in [-0.3, -0.25) is 9.69 Å². The lowest BCUT2D eigenvalue weighted by atomic mass is 9.78. The summed E-state index contributed by atoms with van der Waals surface area (Å²) in [6.45, 7) is 9.23. The van der Waals surface area contributed by atoms with E-state index in [1.54, 1.807) is 0 Å². The molecule has 2 N–H and O–H groups in total. The highest BCUT2D eigenvalue weighted by Crippen LogP contribution is 2.31. The summed E-state index contributed by atoms with van der Waals surface area (Å²) in [4.78, 5) is 16.3. The van der Waals surface area contributed by atoms with Crippen molar-refractivity contribution in [2.75, 3.05) is 33.2 Å². The van der Waals surface area contributed by atoms with Gasteiger partial charge in [0, 0.05) is 19.1 Å². The van der Waals surface area contributed by atoms with Crippen molar-refractivity contribution in [2.24, 2.45) is 17.6 Å². The molecule has 0 aliphatic heterocycles. The van der Waals surface area contributed by atoms with Crippen LogP contribution in [0.3, 0.4) is 0 Å². The Kier molecular flexibility index (Phi) is 6.80. The molecule has 0 aromatic heterocycles.